The second kappa shape index (κ2) is 6.12. The summed E-state index contributed by atoms with van der Waals surface area (Å²) in [6.07, 6.45) is 4.04. The van der Waals surface area contributed by atoms with E-state index < -0.39 is 0 Å². The molecule has 1 N–H and O–H groups in total. The molecule has 2 rings (SSSR count). The monoisotopic (exact) mass is 244 g/mol. The first kappa shape index (κ1) is 12.5. The molecule has 0 unspecified atom stereocenters. The molecule has 4 nitrogen and oxygen atoms in total. The number of rotatable bonds is 5. The van der Waals surface area contributed by atoms with E-state index in [-0.39, 0.29) is 5.97 Å². The van der Waals surface area contributed by atoms with Crippen LogP contribution < -0.4 is 5.32 Å². The molecule has 0 saturated carbocycles. The van der Waals surface area contributed by atoms with Gasteiger partial charge in [0.15, 0.2) is 0 Å². The fourth-order valence-electron chi connectivity index (χ4n) is 1.86. The van der Waals surface area contributed by atoms with Crippen molar-refractivity contribution in [2.24, 2.45) is 0 Å². The minimum absolute atomic E-state index is 0.190. The molecule has 0 aliphatic heterocycles. The smallest absolute Gasteiger partial charge is 0.306 e. The summed E-state index contributed by atoms with van der Waals surface area (Å²) in [7, 11) is 1.40. The molecule has 1 aromatic carbocycles. The van der Waals surface area contributed by atoms with Gasteiger partial charge < -0.3 is 10.1 Å². The molecule has 0 atom stereocenters. The lowest BCUT2D eigenvalue weighted by molar-refractivity contribution is -0.140. The van der Waals surface area contributed by atoms with Crippen LogP contribution in [0.25, 0.3) is 10.8 Å². The molecule has 0 saturated heterocycles. The number of carbonyl (C=O) groups is 1. The van der Waals surface area contributed by atoms with Crippen LogP contribution in [0.5, 0.6) is 0 Å². The minimum atomic E-state index is -0.190. The van der Waals surface area contributed by atoms with E-state index in [9.17, 15) is 4.79 Å². The molecular formula is C14H16N2O2. The van der Waals surface area contributed by atoms with Crippen molar-refractivity contribution < 1.29 is 9.53 Å². The van der Waals surface area contributed by atoms with Gasteiger partial charge in [0, 0.05) is 30.9 Å². The number of hydrogen-bond acceptors (Lipinski definition) is 4. The molecule has 0 spiro atoms. The van der Waals surface area contributed by atoms with Crippen molar-refractivity contribution in [3.63, 3.8) is 0 Å². The van der Waals surface area contributed by atoms with Gasteiger partial charge in [0.05, 0.1) is 13.5 Å². The van der Waals surface area contributed by atoms with Crippen LogP contribution >= 0.6 is 0 Å². The van der Waals surface area contributed by atoms with Gasteiger partial charge in [-0.05, 0) is 17.0 Å². The summed E-state index contributed by atoms with van der Waals surface area (Å²) in [5.74, 6) is -0.190. The first-order chi connectivity index (χ1) is 8.81. The maximum absolute atomic E-state index is 11.0. The summed E-state index contributed by atoms with van der Waals surface area (Å²) >= 11 is 0. The van der Waals surface area contributed by atoms with Gasteiger partial charge >= 0.3 is 5.97 Å². The third-order valence-electron chi connectivity index (χ3n) is 2.82. The summed E-state index contributed by atoms with van der Waals surface area (Å²) in [6.45, 7) is 1.35. The molecule has 94 valence electrons. The third-order valence-corrected chi connectivity index (χ3v) is 2.82. The molecule has 0 fully saturated rings. The van der Waals surface area contributed by atoms with E-state index in [0.29, 0.717) is 13.0 Å². The van der Waals surface area contributed by atoms with E-state index in [2.05, 4.69) is 21.1 Å². The first-order valence-electron chi connectivity index (χ1n) is 5.90. The number of nitrogens with zero attached hydrogens (tertiary/aromatic N) is 1. The van der Waals surface area contributed by atoms with Crippen LogP contribution in [-0.2, 0) is 16.1 Å². The molecule has 0 amide bonds. The van der Waals surface area contributed by atoms with Gasteiger partial charge in [-0.25, -0.2) is 0 Å². The van der Waals surface area contributed by atoms with Gasteiger partial charge in [-0.2, -0.15) is 0 Å². The van der Waals surface area contributed by atoms with Crippen molar-refractivity contribution >= 4 is 16.7 Å². The number of methoxy groups -OCH3 is 1. The van der Waals surface area contributed by atoms with Gasteiger partial charge in [-0.1, -0.05) is 18.2 Å². The Bertz CT molecular complexity index is 535. The Labute approximate surface area is 106 Å². The maximum atomic E-state index is 11.0. The van der Waals surface area contributed by atoms with Gasteiger partial charge in [0.1, 0.15) is 0 Å². The Morgan fingerprint density at radius 3 is 3.11 bits per heavy atom. The highest BCUT2D eigenvalue weighted by atomic mass is 16.5. The van der Waals surface area contributed by atoms with E-state index in [1.807, 2.05) is 24.4 Å². The highest BCUT2D eigenvalue weighted by Gasteiger charge is 2.02. The number of ether oxygens (including phenoxy) is 1. The summed E-state index contributed by atoms with van der Waals surface area (Å²) in [4.78, 5) is 15.1. The van der Waals surface area contributed by atoms with Crippen LogP contribution in [0.15, 0.2) is 36.7 Å². The molecule has 2 aromatic rings. The standard InChI is InChI=1S/C14H16N2O2/c1-18-14(17)6-8-16-10-12-4-2-3-11-9-15-7-5-13(11)12/h2-5,7,9,16H,6,8,10H2,1H3. The lowest BCUT2D eigenvalue weighted by atomic mass is 10.1. The molecule has 1 heterocycles. The lowest BCUT2D eigenvalue weighted by Gasteiger charge is -2.07. The van der Waals surface area contributed by atoms with E-state index in [1.165, 1.54) is 18.1 Å². The number of aromatic nitrogens is 1. The number of benzene rings is 1. The SMILES string of the molecule is COC(=O)CCNCc1cccc2cnccc12. The molecule has 0 bridgehead atoms. The number of fused-ring (bicyclic) bond motifs is 1. The van der Waals surface area contributed by atoms with Crippen molar-refractivity contribution in [2.75, 3.05) is 13.7 Å². The second-order valence-electron chi connectivity index (χ2n) is 4.02. The first-order valence-corrected chi connectivity index (χ1v) is 5.90. The molecule has 0 aliphatic rings. The van der Waals surface area contributed by atoms with Crippen LogP contribution in [0.3, 0.4) is 0 Å². The minimum Gasteiger partial charge on any atom is -0.469 e. The second-order valence-corrected chi connectivity index (χ2v) is 4.02. The normalized spacial score (nSPS) is 10.5. The molecule has 1 aromatic heterocycles. The number of hydrogen-bond donors (Lipinski definition) is 1. The molecule has 0 radical (unpaired) electrons. The lowest BCUT2D eigenvalue weighted by Crippen LogP contribution is -2.18. The van der Waals surface area contributed by atoms with Gasteiger partial charge in [-0.15, -0.1) is 0 Å². The molecule has 4 heteroatoms. The third kappa shape index (κ3) is 3.05. The van der Waals surface area contributed by atoms with Crippen LogP contribution in [0.4, 0.5) is 0 Å². The fourth-order valence-corrected chi connectivity index (χ4v) is 1.86. The Kier molecular flexibility index (Phi) is 4.25. The van der Waals surface area contributed by atoms with Gasteiger partial charge in [0.25, 0.3) is 0 Å². The summed E-state index contributed by atoms with van der Waals surface area (Å²) < 4.78 is 4.59. The Hall–Kier alpha value is -1.94. The van der Waals surface area contributed by atoms with E-state index in [0.717, 1.165) is 11.9 Å². The Morgan fingerprint density at radius 2 is 2.28 bits per heavy atom. The molecule has 18 heavy (non-hydrogen) atoms. The van der Waals surface area contributed by atoms with Crippen LogP contribution in [0, 0.1) is 0 Å². The van der Waals surface area contributed by atoms with Crippen molar-refractivity contribution in [3.8, 4) is 0 Å². The predicted octanol–water partition coefficient (Wildman–Crippen LogP) is 1.89. The Balaban J connectivity index is 1.97. The van der Waals surface area contributed by atoms with Crippen molar-refractivity contribution in [2.45, 2.75) is 13.0 Å². The van der Waals surface area contributed by atoms with Crippen LogP contribution in [0.1, 0.15) is 12.0 Å². The zero-order valence-electron chi connectivity index (χ0n) is 10.3. The quantitative estimate of drug-likeness (QED) is 0.644. The number of esters is 1. The highest BCUT2D eigenvalue weighted by molar-refractivity contribution is 5.84. The highest BCUT2D eigenvalue weighted by Crippen LogP contribution is 2.16. The molecular weight excluding hydrogens is 228 g/mol. The number of carbonyl (C=O) groups excluding carboxylic acids is 1. The topological polar surface area (TPSA) is 51.2 Å². The van der Waals surface area contributed by atoms with E-state index in [4.69, 9.17) is 0 Å². The fraction of sp³-hybridized carbons (Fsp3) is 0.286. The summed E-state index contributed by atoms with van der Waals surface area (Å²) in [6, 6.07) is 8.14. The van der Waals surface area contributed by atoms with E-state index in [1.54, 1.807) is 6.20 Å². The van der Waals surface area contributed by atoms with Crippen molar-refractivity contribution in [1.29, 1.82) is 0 Å². The average molecular weight is 244 g/mol. The van der Waals surface area contributed by atoms with Gasteiger partial charge in [0.2, 0.25) is 0 Å². The zero-order chi connectivity index (χ0) is 12.8. The van der Waals surface area contributed by atoms with E-state index >= 15 is 0 Å². The Morgan fingerprint density at radius 1 is 1.39 bits per heavy atom. The predicted molar refractivity (Wildman–Crippen MR) is 70.1 cm³/mol. The maximum Gasteiger partial charge on any atom is 0.306 e. The van der Waals surface area contributed by atoms with Crippen LogP contribution in [-0.4, -0.2) is 24.6 Å². The van der Waals surface area contributed by atoms with Gasteiger partial charge in [-0.3, -0.25) is 9.78 Å². The average Bonchev–Trinajstić information content (AvgIpc) is 2.43. The summed E-state index contributed by atoms with van der Waals surface area (Å²) in [5, 5.41) is 5.56. The largest absolute Gasteiger partial charge is 0.469 e. The zero-order valence-corrected chi connectivity index (χ0v) is 10.3. The molecule has 0 aliphatic carbocycles. The van der Waals surface area contributed by atoms with Crippen LogP contribution in [0.2, 0.25) is 0 Å². The summed E-state index contributed by atoms with van der Waals surface area (Å²) in [5.41, 5.74) is 1.21. The number of pyridine rings is 1. The van der Waals surface area contributed by atoms with Crippen molar-refractivity contribution in [3.05, 3.63) is 42.2 Å². The van der Waals surface area contributed by atoms with Crippen molar-refractivity contribution in [1.82, 2.24) is 10.3 Å². The number of nitrogens with one attached hydrogen (secondary N) is 1.